The molecule has 1 aromatic heterocycles. The Hall–Kier alpha value is -2.52. The summed E-state index contributed by atoms with van der Waals surface area (Å²) in [6.07, 6.45) is 0. The van der Waals surface area contributed by atoms with Crippen molar-refractivity contribution in [1.29, 1.82) is 0 Å². The van der Waals surface area contributed by atoms with E-state index in [1.54, 1.807) is 0 Å². The van der Waals surface area contributed by atoms with Gasteiger partial charge in [0.1, 0.15) is 0 Å². The molecule has 3 aromatic carbocycles. The molecule has 1 heterocycles. The van der Waals surface area contributed by atoms with E-state index in [-0.39, 0.29) is 0 Å². The number of para-hydroxylation sites is 1. The van der Waals surface area contributed by atoms with E-state index in [4.69, 9.17) is 9.97 Å². The summed E-state index contributed by atoms with van der Waals surface area (Å²) in [5, 5.41) is 1.06. The minimum absolute atomic E-state index is 0.749. The van der Waals surface area contributed by atoms with Crippen LogP contribution >= 0.6 is 15.9 Å². The number of fused-ring (bicyclic) bond motifs is 1. The zero-order valence-electron chi connectivity index (χ0n) is 12.3. The molecule has 4 rings (SSSR count). The van der Waals surface area contributed by atoms with Crippen molar-refractivity contribution in [3.05, 3.63) is 83.3 Å². The van der Waals surface area contributed by atoms with Crippen molar-refractivity contribution in [2.75, 3.05) is 0 Å². The van der Waals surface area contributed by atoms with Crippen molar-refractivity contribution in [3.63, 3.8) is 0 Å². The molecule has 0 N–H and O–H groups in total. The van der Waals surface area contributed by atoms with Crippen LogP contribution < -0.4 is 0 Å². The van der Waals surface area contributed by atoms with Gasteiger partial charge in [0.05, 0.1) is 11.2 Å². The molecular weight excluding hydrogens is 348 g/mol. The van der Waals surface area contributed by atoms with Crippen molar-refractivity contribution in [3.8, 4) is 22.6 Å². The molecule has 0 bridgehead atoms. The average Bonchev–Trinajstić information content (AvgIpc) is 2.61. The minimum atomic E-state index is 0.749. The van der Waals surface area contributed by atoms with Gasteiger partial charge in [-0.2, -0.15) is 0 Å². The maximum Gasteiger partial charge on any atom is 0.160 e. The van der Waals surface area contributed by atoms with E-state index in [1.807, 2.05) is 60.7 Å². The van der Waals surface area contributed by atoms with E-state index >= 15 is 0 Å². The minimum Gasteiger partial charge on any atom is -0.228 e. The highest BCUT2D eigenvalue weighted by Gasteiger charge is 2.11. The lowest BCUT2D eigenvalue weighted by Crippen LogP contribution is -1.94. The van der Waals surface area contributed by atoms with Gasteiger partial charge < -0.3 is 0 Å². The van der Waals surface area contributed by atoms with Gasteiger partial charge >= 0.3 is 0 Å². The van der Waals surface area contributed by atoms with E-state index in [9.17, 15) is 0 Å². The fourth-order valence-electron chi connectivity index (χ4n) is 2.65. The summed E-state index contributed by atoms with van der Waals surface area (Å²) in [6, 6.07) is 26.4. The van der Waals surface area contributed by atoms with Gasteiger partial charge in [-0.15, -0.1) is 0 Å². The van der Waals surface area contributed by atoms with Gasteiger partial charge in [-0.3, -0.25) is 0 Å². The second kappa shape index (κ2) is 5.94. The van der Waals surface area contributed by atoms with Gasteiger partial charge in [0.2, 0.25) is 0 Å². The summed E-state index contributed by atoms with van der Waals surface area (Å²) in [5.74, 6) is 0.749. The maximum atomic E-state index is 4.85. The van der Waals surface area contributed by atoms with Crippen molar-refractivity contribution in [2.45, 2.75) is 0 Å². The normalized spacial score (nSPS) is 10.8. The van der Waals surface area contributed by atoms with Gasteiger partial charge in [-0.25, -0.2) is 9.97 Å². The number of hydrogen-bond donors (Lipinski definition) is 0. The molecule has 0 spiro atoms. The van der Waals surface area contributed by atoms with Gasteiger partial charge in [0.25, 0.3) is 0 Å². The molecule has 0 saturated carbocycles. The topological polar surface area (TPSA) is 25.8 Å². The van der Waals surface area contributed by atoms with Crippen LogP contribution in [0.1, 0.15) is 0 Å². The largest absolute Gasteiger partial charge is 0.228 e. The third-order valence-corrected chi connectivity index (χ3v) is 4.23. The van der Waals surface area contributed by atoms with Crippen molar-refractivity contribution in [1.82, 2.24) is 9.97 Å². The second-order valence-electron chi connectivity index (χ2n) is 5.29. The summed E-state index contributed by atoms with van der Waals surface area (Å²) >= 11 is 3.54. The van der Waals surface area contributed by atoms with Crippen LogP contribution in [0.25, 0.3) is 33.5 Å². The van der Waals surface area contributed by atoms with Gasteiger partial charge in [0.15, 0.2) is 5.82 Å². The molecule has 2 nitrogen and oxygen atoms in total. The molecule has 0 fully saturated rings. The highest BCUT2D eigenvalue weighted by Crippen LogP contribution is 2.30. The lowest BCUT2D eigenvalue weighted by molar-refractivity contribution is 1.23. The summed E-state index contributed by atoms with van der Waals surface area (Å²) in [4.78, 5) is 9.58. The molecule has 0 radical (unpaired) electrons. The third kappa shape index (κ3) is 2.76. The number of benzene rings is 3. The predicted octanol–water partition coefficient (Wildman–Crippen LogP) is 5.73. The molecule has 0 aliphatic heterocycles. The molecule has 0 unspecified atom stereocenters. The Labute approximate surface area is 143 Å². The zero-order valence-corrected chi connectivity index (χ0v) is 13.9. The van der Waals surface area contributed by atoms with Crippen LogP contribution in [-0.2, 0) is 0 Å². The molecule has 23 heavy (non-hydrogen) atoms. The van der Waals surface area contributed by atoms with Crippen molar-refractivity contribution < 1.29 is 0 Å². The maximum absolute atomic E-state index is 4.85. The van der Waals surface area contributed by atoms with Gasteiger partial charge in [-0.1, -0.05) is 76.6 Å². The lowest BCUT2D eigenvalue weighted by atomic mass is 10.1. The number of halogens is 1. The Morgan fingerprint density at radius 3 is 2.22 bits per heavy atom. The SMILES string of the molecule is Brc1cccc(-c2nc(-c3ccccc3)nc3ccccc23)c1. The van der Waals surface area contributed by atoms with Crippen LogP contribution in [0.5, 0.6) is 0 Å². The smallest absolute Gasteiger partial charge is 0.160 e. The monoisotopic (exact) mass is 360 g/mol. The molecule has 0 saturated heterocycles. The van der Waals surface area contributed by atoms with Crippen LogP contribution in [-0.4, -0.2) is 9.97 Å². The number of rotatable bonds is 2. The molecule has 3 heteroatoms. The van der Waals surface area contributed by atoms with Crippen LogP contribution in [0.15, 0.2) is 83.3 Å². The van der Waals surface area contributed by atoms with Gasteiger partial charge in [-0.05, 0) is 18.2 Å². The Balaban J connectivity index is 2.02. The van der Waals surface area contributed by atoms with Crippen LogP contribution in [0.3, 0.4) is 0 Å². The first-order valence-electron chi connectivity index (χ1n) is 7.39. The molecule has 4 aromatic rings. The average molecular weight is 361 g/mol. The first-order chi connectivity index (χ1) is 11.3. The van der Waals surface area contributed by atoms with Crippen molar-refractivity contribution in [2.24, 2.45) is 0 Å². The predicted molar refractivity (Wildman–Crippen MR) is 98.1 cm³/mol. The second-order valence-corrected chi connectivity index (χ2v) is 6.21. The molecule has 0 aliphatic rings. The number of aromatic nitrogens is 2. The summed E-state index contributed by atoms with van der Waals surface area (Å²) in [6.45, 7) is 0. The Morgan fingerprint density at radius 2 is 1.39 bits per heavy atom. The van der Waals surface area contributed by atoms with Crippen molar-refractivity contribution >= 4 is 26.8 Å². The molecule has 110 valence electrons. The molecule has 0 amide bonds. The zero-order chi connectivity index (χ0) is 15.6. The lowest BCUT2D eigenvalue weighted by Gasteiger charge is -2.09. The van der Waals surface area contributed by atoms with E-state index in [0.29, 0.717) is 0 Å². The van der Waals surface area contributed by atoms with E-state index in [2.05, 4.69) is 34.1 Å². The molecule has 0 atom stereocenters. The summed E-state index contributed by atoms with van der Waals surface area (Å²) in [7, 11) is 0. The Kier molecular flexibility index (Phi) is 3.64. The van der Waals surface area contributed by atoms with E-state index < -0.39 is 0 Å². The fourth-order valence-corrected chi connectivity index (χ4v) is 3.05. The number of nitrogens with zero attached hydrogens (tertiary/aromatic N) is 2. The van der Waals surface area contributed by atoms with Crippen LogP contribution in [0.4, 0.5) is 0 Å². The van der Waals surface area contributed by atoms with E-state index in [1.165, 1.54) is 0 Å². The number of hydrogen-bond acceptors (Lipinski definition) is 2. The highest BCUT2D eigenvalue weighted by atomic mass is 79.9. The molecular formula is C20H13BrN2. The quantitative estimate of drug-likeness (QED) is 0.456. The van der Waals surface area contributed by atoms with Crippen LogP contribution in [0.2, 0.25) is 0 Å². The Morgan fingerprint density at radius 1 is 0.652 bits per heavy atom. The summed E-state index contributed by atoms with van der Waals surface area (Å²) < 4.78 is 1.04. The Bertz CT molecular complexity index is 981. The highest BCUT2D eigenvalue weighted by molar-refractivity contribution is 9.10. The molecule has 0 aliphatic carbocycles. The van der Waals surface area contributed by atoms with Crippen LogP contribution in [0, 0.1) is 0 Å². The third-order valence-electron chi connectivity index (χ3n) is 3.73. The fraction of sp³-hybridized carbons (Fsp3) is 0. The van der Waals surface area contributed by atoms with E-state index in [0.717, 1.165) is 38.0 Å². The standard InChI is InChI=1S/C20H13BrN2/c21-16-10-6-9-15(13-16)19-17-11-4-5-12-18(17)22-20(23-19)14-7-2-1-3-8-14/h1-13H. The first kappa shape index (κ1) is 14.1. The van der Waals surface area contributed by atoms with Gasteiger partial charge in [0, 0.05) is 21.0 Å². The first-order valence-corrected chi connectivity index (χ1v) is 8.19. The summed E-state index contributed by atoms with van der Waals surface area (Å²) in [5.41, 5.74) is 4.01.